The van der Waals surface area contributed by atoms with Crippen molar-refractivity contribution < 1.29 is 9.53 Å². The summed E-state index contributed by atoms with van der Waals surface area (Å²) in [6, 6.07) is 11.9. The van der Waals surface area contributed by atoms with Gasteiger partial charge in [0.2, 0.25) is 0 Å². The van der Waals surface area contributed by atoms with Crippen LogP contribution < -0.4 is 4.74 Å². The van der Waals surface area contributed by atoms with E-state index in [1.807, 2.05) is 57.2 Å². The van der Waals surface area contributed by atoms with Gasteiger partial charge in [-0.1, -0.05) is 35.9 Å². The number of carbonyl (C=O) groups is 1. The van der Waals surface area contributed by atoms with Crippen LogP contribution in [-0.4, -0.2) is 12.9 Å². The quantitative estimate of drug-likeness (QED) is 0.782. The number of ether oxygens (including phenoxy) is 1. The molecule has 0 heterocycles. The first-order chi connectivity index (χ1) is 9.52. The molecule has 20 heavy (non-hydrogen) atoms. The van der Waals surface area contributed by atoms with Gasteiger partial charge in [0, 0.05) is 17.5 Å². The number of hydrogen-bond acceptors (Lipinski definition) is 2. The zero-order valence-electron chi connectivity index (χ0n) is 12.5. The number of aryl methyl sites for hydroxylation is 3. The molecule has 0 amide bonds. The lowest BCUT2D eigenvalue weighted by Gasteiger charge is -2.11. The highest BCUT2D eigenvalue weighted by Gasteiger charge is 2.15. The maximum absolute atomic E-state index is 12.6. The topological polar surface area (TPSA) is 26.3 Å². The van der Waals surface area contributed by atoms with Crippen LogP contribution in [0.3, 0.4) is 0 Å². The summed E-state index contributed by atoms with van der Waals surface area (Å²) < 4.78 is 5.35. The van der Waals surface area contributed by atoms with Gasteiger partial charge in [0.15, 0.2) is 5.78 Å². The smallest absolute Gasteiger partial charge is 0.167 e. The van der Waals surface area contributed by atoms with Crippen molar-refractivity contribution >= 4 is 5.78 Å². The van der Waals surface area contributed by atoms with Crippen molar-refractivity contribution in [2.45, 2.75) is 27.2 Å². The van der Waals surface area contributed by atoms with Gasteiger partial charge < -0.3 is 4.74 Å². The van der Waals surface area contributed by atoms with Crippen molar-refractivity contribution in [3.05, 3.63) is 64.2 Å². The predicted molar refractivity (Wildman–Crippen MR) is 81.7 cm³/mol. The normalized spacial score (nSPS) is 10.4. The zero-order chi connectivity index (χ0) is 14.7. The average Bonchev–Trinajstić information content (AvgIpc) is 2.38. The highest BCUT2D eigenvalue weighted by molar-refractivity contribution is 6.00. The summed E-state index contributed by atoms with van der Waals surface area (Å²) >= 11 is 0. The fourth-order valence-corrected chi connectivity index (χ4v) is 2.56. The van der Waals surface area contributed by atoms with Gasteiger partial charge in [-0.05, 0) is 38.0 Å². The molecule has 0 N–H and O–H groups in total. The lowest BCUT2D eigenvalue weighted by Crippen LogP contribution is -2.09. The summed E-state index contributed by atoms with van der Waals surface area (Å²) in [6.45, 7) is 5.98. The van der Waals surface area contributed by atoms with Crippen LogP contribution in [-0.2, 0) is 6.42 Å². The Kier molecular flexibility index (Phi) is 4.23. The minimum absolute atomic E-state index is 0.143. The van der Waals surface area contributed by atoms with Crippen LogP contribution in [0.1, 0.15) is 32.6 Å². The monoisotopic (exact) mass is 268 g/mol. The van der Waals surface area contributed by atoms with Crippen molar-refractivity contribution in [3.8, 4) is 5.75 Å². The molecule has 2 aromatic carbocycles. The largest absolute Gasteiger partial charge is 0.496 e. The number of benzene rings is 2. The predicted octanol–water partition coefficient (Wildman–Crippen LogP) is 4.05. The molecule has 104 valence electrons. The molecule has 0 bridgehead atoms. The molecule has 2 heteroatoms. The SMILES string of the molecule is COc1ccc(C)cc1CC(=O)c1c(C)cccc1C. The molecule has 2 nitrogen and oxygen atoms in total. The summed E-state index contributed by atoms with van der Waals surface area (Å²) in [6.07, 6.45) is 0.372. The number of rotatable bonds is 4. The Bertz CT molecular complexity index is 622. The molecule has 0 aliphatic rings. The van der Waals surface area contributed by atoms with Crippen molar-refractivity contribution in [3.63, 3.8) is 0 Å². The Balaban J connectivity index is 2.35. The second-order valence-corrected chi connectivity index (χ2v) is 5.18. The van der Waals surface area contributed by atoms with Crippen molar-refractivity contribution in [1.82, 2.24) is 0 Å². The van der Waals surface area contributed by atoms with E-state index >= 15 is 0 Å². The molecule has 0 spiro atoms. The zero-order valence-corrected chi connectivity index (χ0v) is 12.5. The molecule has 0 saturated carbocycles. The second kappa shape index (κ2) is 5.91. The molecular formula is C18H20O2. The molecule has 0 aliphatic heterocycles. The third-order valence-electron chi connectivity index (χ3n) is 3.55. The van der Waals surface area contributed by atoms with Gasteiger partial charge in [0.1, 0.15) is 5.75 Å². The Morgan fingerprint density at radius 3 is 2.30 bits per heavy atom. The minimum Gasteiger partial charge on any atom is -0.496 e. The van der Waals surface area contributed by atoms with E-state index in [0.29, 0.717) is 6.42 Å². The summed E-state index contributed by atoms with van der Waals surface area (Å²) in [4.78, 5) is 12.6. The van der Waals surface area contributed by atoms with E-state index in [9.17, 15) is 4.79 Å². The maximum atomic E-state index is 12.6. The van der Waals surface area contributed by atoms with Crippen LogP contribution in [0.15, 0.2) is 36.4 Å². The molecule has 0 saturated heterocycles. The summed E-state index contributed by atoms with van der Waals surface area (Å²) in [5.41, 5.74) is 4.97. The first kappa shape index (κ1) is 14.3. The van der Waals surface area contributed by atoms with E-state index in [-0.39, 0.29) is 5.78 Å². The molecule has 0 fully saturated rings. The van der Waals surface area contributed by atoms with Crippen LogP contribution >= 0.6 is 0 Å². The third kappa shape index (κ3) is 2.90. The first-order valence-corrected chi connectivity index (χ1v) is 6.76. The molecule has 0 aromatic heterocycles. The van der Waals surface area contributed by atoms with E-state index in [1.165, 1.54) is 0 Å². The van der Waals surface area contributed by atoms with Crippen LogP contribution in [0.25, 0.3) is 0 Å². The number of Topliss-reactive ketones (excluding diaryl/α,β-unsaturated/α-hetero) is 1. The average molecular weight is 268 g/mol. The Morgan fingerprint density at radius 1 is 1.05 bits per heavy atom. The van der Waals surface area contributed by atoms with E-state index < -0.39 is 0 Å². The van der Waals surface area contributed by atoms with Crippen molar-refractivity contribution in [2.24, 2.45) is 0 Å². The van der Waals surface area contributed by atoms with Gasteiger partial charge in [-0.15, -0.1) is 0 Å². The van der Waals surface area contributed by atoms with E-state index in [0.717, 1.165) is 33.6 Å². The van der Waals surface area contributed by atoms with Crippen molar-refractivity contribution in [2.75, 3.05) is 7.11 Å². The molecule has 0 atom stereocenters. The van der Waals surface area contributed by atoms with Gasteiger partial charge in [0.05, 0.1) is 7.11 Å². The van der Waals surface area contributed by atoms with Crippen LogP contribution in [0.4, 0.5) is 0 Å². The van der Waals surface area contributed by atoms with Gasteiger partial charge in [-0.2, -0.15) is 0 Å². The number of hydrogen-bond donors (Lipinski definition) is 0. The standard InChI is InChI=1S/C18H20O2/c1-12-8-9-17(20-4)15(10-12)11-16(19)18-13(2)6-5-7-14(18)3/h5-10H,11H2,1-4H3. The van der Waals surface area contributed by atoms with E-state index in [4.69, 9.17) is 4.74 Å². The fourth-order valence-electron chi connectivity index (χ4n) is 2.56. The van der Waals surface area contributed by atoms with Gasteiger partial charge >= 0.3 is 0 Å². The Labute approximate surface area is 120 Å². The lowest BCUT2D eigenvalue weighted by atomic mass is 9.94. The minimum atomic E-state index is 0.143. The third-order valence-corrected chi connectivity index (χ3v) is 3.55. The Hall–Kier alpha value is -2.09. The van der Waals surface area contributed by atoms with Gasteiger partial charge in [0.25, 0.3) is 0 Å². The summed E-state index contributed by atoms with van der Waals surface area (Å²) in [5, 5.41) is 0. The highest BCUT2D eigenvalue weighted by atomic mass is 16.5. The number of ketones is 1. The number of carbonyl (C=O) groups excluding carboxylic acids is 1. The first-order valence-electron chi connectivity index (χ1n) is 6.76. The molecule has 2 rings (SSSR count). The van der Waals surface area contributed by atoms with E-state index in [1.54, 1.807) is 7.11 Å². The Morgan fingerprint density at radius 2 is 1.70 bits per heavy atom. The second-order valence-electron chi connectivity index (χ2n) is 5.18. The van der Waals surface area contributed by atoms with Crippen molar-refractivity contribution in [1.29, 1.82) is 0 Å². The van der Waals surface area contributed by atoms with E-state index in [2.05, 4.69) is 0 Å². The summed E-state index contributed by atoms with van der Waals surface area (Å²) in [7, 11) is 1.64. The molecule has 2 aromatic rings. The van der Waals surface area contributed by atoms with Gasteiger partial charge in [-0.25, -0.2) is 0 Å². The highest BCUT2D eigenvalue weighted by Crippen LogP contribution is 2.23. The fraction of sp³-hybridized carbons (Fsp3) is 0.278. The van der Waals surface area contributed by atoms with Gasteiger partial charge in [-0.3, -0.25) is 4.79 Å². The maximum Gasteiger partial charge on any atom is 0.167 e. The number of methoxy groups -OCH3 is 1. The molecule has 0 unspecified atom stereocenters. The van der Waals surface area contributed by atoms with Crippen LogP contribution in [0, 0.1) is 20.8 Å². The molecule has 0 aliphatic carbocycles. The van der Waals surface area contributed by atoms with Crippen LogP contribution in [0.5, 0.6) is 5.75 Å². The summed E-state index contributed by atoms with van der Waals surface area (Å²) in [5.74, 6) is 0.916. The molecule has 0 radical (unpaired) electrons. The lowest BCUT2D eigenvalue weighted by molar-refractivity contribution is 0.0991. The van der Waals surface area contributed by atoms with Crippen LogP contribution in [0.2, 0.25) is 0 Å². The molecular weight excluding hydrogens is 248 g/mol.